The van der Waals surface area contributed by atoms with Crippen LogP contribution < -0.4 is 10.6 Å². The first kappa shape index (κ1) is 11.0. The van der Waals surface area contributed by atoms with Crippen molar-refractivity contribution in [2.24, 2.45) is 0 Å². The van der Waals surface area contributed by atoms with Gasteiger partial charge in [-0.1, -0.05) is 0 Å². The Morgan fingerprint density at radius 3 is 3.12 bits per heavy atom. The Morgan fingerprint density at radius 1 is 1.50 bits per heavy atom. The number of amides is 2. The Hall–Kier alpha value is -1.49. The van der Waals surface area contributed by atoms with E-state index in [0.29, 0.717) is 13.1 Å². The molecule has 0 saturated carbocycles. The lowest BCUT2D eigenvalue weighted by Gasteiger charge is -2.11. The van der Waals surface area contributed by atoms with Gasteiger partial charge in [-0.15, -0.1) is 0 Å². The van der Waals surface area contributed by atoms with Crippen LogP contribution in [0.4, 0.5) is 4.79 Å². The highest BCUT2D eigenvalue weighted by Crippen LogP contribution is 2.10. The average Bonchev–Trinajstić information content (AvgIpc) is 2.96. The summed E-state index contributed by atoms with van der Waals surface area (Å²) >= 11 is 0. The summed E-state index contributed by atoms with van der Waals surface area (Å²) in [4.78, 5) is 11.4. The van der Waals surface area contributed by atoms with Crippen LogP contribution >= 0.6 is 0 Å². The van der Waals surface area contributed by atoms with Gasteiger partial charge < -0.3 is 19.8 Å². The van der Waals surface area contributed by atoms with Crippen molar-refractivity contribution < 1.29 is 13.9 Å². The van der Waals surface area contributed by atoms with Crippen LogP contribution in [-0.2, 0) is 11.3 Å². The van der Waals surface area contributed by atoms with E-state index < -0.39 is 0 Å². The minimum Gasteiger partial charge on any atom is -0.467 e. The normalized spacial score (nSPS) is 19.6. The summed E-state index contributed by atoms with van der Waals surface area (Å²) in [6.45, 7) is 1.79. The van der Waals surface area contributed by atoms with Crippen molar-refractivity contribution in [2.45, 2.75) is 25.5 Å². The number of hydrogen-bond acceptors (Lipinski definition) is 3. The number of hydrogen-bond donors (Lipinski definition) is 2. The van der Waals surface area contributed by atoms with Crippen molar-refractivity contribution in [2.75, 3.05) is 13.2 Å². The fourth-order valence-corrected chi connectivity index (χ4v) is 1.65. The van der Waals surface area contributed by atoms with Gasteiger partial charge in [0.2, 0.25) is 0 Å². The standard InChI is InChI=1S/C11H16N2O3/c14-11(12-7-9-3-1-5-15-9)13-8-10-4-2-6-16-10/h1,3,5,10H,2,4,6-8H2,(H2,12,13,14)/t10-/m1/s1. The van der Waals surface area contributed by atoms with E-state index >= 15 is 0 Å². The molecule has 0 aliphatic carbocycles. The van der Waals surface area contributed by atoms with E-state index in [1.807, 2.05) is 6.07 Å². The van der Waals surface area contributed by atoms with Gasteiger partial charge >= 0.3 is 6.03 Å². The molecule has 1 aliphatic rings. The quantitative estimate of drug-likeness (QED) is 0.809. The van der Waals surface area contributed by atoms with Gasteiger partial charge in [-0.3, -0.25) is 0 Å². The molecule has 1 aromatic heterocycles. The summed E-state index contributed by atoms with van der Waals surface area (Å²) in [6.07, 6.45) is 3.87. The smallest absolute Gasteiger partial charge is 0.315 e. The SMILES string of the molecule is O=C(NCc1ccco1)NC[C@H]1CCCO1. The second-order valence-electron chi connectivity index (χ2n) is 3.78. The molecule has 5 nitrogen and oxygen atoms in total. The highest BCUT2D eigenvalue weighted by atomic mass is 16.5. The molecule has 1 atom stereocenters. The van der Waals surface area contributed by atoms with Crippen LogP contribution in [0.25, 0.3) is 0 Å². The topological polar surface area (TPSA) is 63.5 Å². The van der Waals surface area contributed by atoms with Gasteiger partial charge in [-0.2, -0.15) is 0 Å². The summed E-state index contributed by atoms with van der Waals surface area (Å²) in [6, 6.07) is 3.42. The van der Waals surface area contributed by atoms with Gasteiger partial charge in [0.25, 0.3) is 0 Å². The second kappa shape index (κ2) is 5.55. The van der Waals surface area contributed by atoms with E-state index in [4.69, 9.17) is 9.15 Å². The molecular weight excluding hydrogens is 208 g/mol. The third-order valence-electron chi connectivity index (χ3n) is 2.52. The van der Waals surface area contributed by atoms with Crippen LogP contribution in [0.5, 0.6) is 0 Å². The fourth-order valence-electron chi connectivity index (χ4n) is 1.65. The van der Waals surface area contributed by atoms with Gasteiger partial charge in [0.1, 0.15) is 5.76 Å². The van der Waals surface area contributed by atoms with Gasteiger partial charge in [-0.05, 0) is 25.0 Å². The van der Waals surface area contributed by atoms with Crippen molar-refractivity contribution >= 4 is 6.03 Å². The van der Waals surface area contributed by atoms with E-state index in [-0.39, 0.29) is 12.1 Å². The molecule has 88 valence electrons. The maximum Gasteiger partial charge on any atom is 0.315 e. The van der Waals surface area contributed by atoms with Crippen molar-refractivity contribution in [3.8, 4) is 0 Å². The van der Waals surface area contributed by atoms with E-state index in [0.717, 1.165) is 25.2 Å². The third-order valence-corrected chi connectivity index (χ3v) is 2.52. The molecule has 0 unspecified atom stereocenters. The van der Waals surface area contributed by atoms with Gasteiger partial charge in [0, 0.05) is 13.2 Å². The molecule has 2 amide bonds. The molecule has 5 heteroatoms. The minimum absolute atomic E-state index is 0.175. The minimum atomic E-state index is -0.188. The predicted octanol–water partition coefficient (Wildman–Crippen LogP) is 1.26. The monoisotopic (exact) mass is 224 g/mol. The van der Waals surface area contributed by atoms with E-state index in [9.17, 15) is 4.79 Å². The van der Waals surface area contributed by atoms with Crippen LogP contribution in [0.1, 0.15) is 18.6 Å². The van der Waals surface area contributed by atoms with Crippen molar-refractivity contribution in [1.82, 2.24) is 10.6 Å². The summed E-state index contributed by atoms with van der Waals surface area (Å²) in [5, 5.41) is 5.48. The van der Waals surface area contributed by atoms with Crippen molar-refractivity contribution in [3.05, 3.63) is 24.2 Å². The molecule has 0 bridgehead atoms. The molecule has 16 heavy (non-hydrogen) atoms. The number of carbonyl (C=O) groups is 1. The molecular formula is C11H16N2O3. The Morgan fingerprint density at radius 2 is 2.44 bits per heavy atom. The zero-order valence-corrected chi connectivity index (χ0v) is 9.07. The van der Waals surface area contributed by atoms with Gasteiger partial charge in [-0.25, -0.2) is 4.79 Å². The second-order valence-corrected chi connectivity index (χ2v) is 3.78. The third kappa shape index (κ3) is 3.27. The molecule has 1 fully saturated rings. The number of urea groups is 1. The fraction of sp³-hybridized carbons (Fsp3) is 0.545. The first-order valence-corrected chi connectivity index (χ1v) is 5.50. The molecule has 2 rings (SSSR count). The Balaban J connectivity index is 1.60. The molecule has 2 N–H and O–H groups in total. The first-order valence-electron chi connectivity index (χ1n) is 5.50. The lowest BCUT2D eigenvalue weighted by atomic mass is 10.2. The summed E-state index contributed by atoms with van der Waals surface area (Å²) < 4.78 is 10.5. The predicted molar refractivity (Wildman–Crippen MR) is 57.9 cm³/mol. The van der Waals surface area contributed by atoms with Crippen LogP contribution in [0.2, 0.25) is 0 Å². The lowest BCUT2D eigenvalue weighted by molar-refractivity contribution is 0.111. The van der Waals surface area contributed by atoms with Crippen molar-refractivity contribution in [3.63, 3.8) is 0 Å². The summed E-state index contributed by atoms with van der Waals surface area (Å²) in [5.74, 6) is 0.743. The maximum absolute atomic E-state index is 11.4. The lowest BCUT2D eigenvalue weighted by Crippen LogP contribution is -2.39. The largest absolute Gasteiger partial charge is 0.467 e. The van der Waals surface area contributed by atoms with Gasteiger partial charge in [0.15, 0.2) is 0 Å². The molecule has 0 aromatic carbocycles. The number of rotatable bonds is 4. The number of ether oxygens (including phenoxy) is 1. The van der Waals surface area contributed by atoms with Crippen LogP contribution in [0.3, 0.4) is 0 Å². The highest BCUT2D eigenvalue weighted by molar-refractivity contribution is 5.73. The Kier molecular flexibility index (Phi) is 3.82. The van der Waals surface area contributed by atoms with Crippen LogP contribution in [0.15, 0.2) is 22.8 Å². The number of carbonyl (C=O) groups excluding carboxylic acids is 1. The molecule has 1 aliphatic heterocycles. The van der Waals surface area contributed by atoms with Crippen LogP contribution in [-0.4, -0.2) is 25.3 Å². The van der Waals surface area contributed by atoms with E-state index in [1.54, 1.807) is 12.3 Å². The first-order chi connectivity index (χ1) is 7.84. The number of nitrogens with one attached hydrogen (secondary N) is 2. The average molecular weight is 224 g/mol. The van der Waals surface area contributed by atoms with Gasteiger partial charge in [0.05, 0.1) is 18.9 Å². The van der Waals surface area contributed by atoms with E-state index in [2.05, 4.69) is 10.6 Å². The zero-order chi connectivity index (χ0) is 11.2. The molecule has 2 heterocycles. The highest BCUT2D eigenvalue weighted by Gasteiger charge is 2.15. The van der Waals surface area contributed by atoms with E-state index in [1.165, 1.54) is 0 Å². The molecule has 1 saturated heterocycles. The Bertz CT molecular complexity index is 318. The number of furan rings is 1. The molecule has 1 aromatic rings. The van der Waals surface area contributed by atoms with Crippen LogP contribution in [0, 0.1) is 0 Å². The maximum atomic E-state index is 11.4. The summed E-state index contributed by atoms with van der Waals surface area (Å²) in [5.41, 5.74) is 0. The van der Waals surface area contributed by atoms with Crippen molar-refractivity contribution in [1.29, 1.82) is 0 Å². The zero-order valence-electron chi connectivity index (χ0n) is 9.07. The summed E-state index contributed by atoms with van der Waals surface area (Å²) in [7, 11) is 0. The Labute approximate surface area is 94.1 Å². The molecule has 0 radical (unpaired) electrons. The molecule has 0 spiro atoms.